The second kappa shape index (κ2) is 9.21. The van der Waals surface area contributed by atoms with Crippen molar-refractivity contribution in [2.24, 2.45) is 5.92 Å². The predicted octanol–water partition coefficient (Wildman–Crippen LogP) is 2.17. The molecule has 3 rings (SSSR count). The molecular weight excluding hydrogens is 399 g/mol. The molecule has 2 aliphatic rings. The van der Waals surface area contributed by atoms with Crippen LogP contribution in [0.4, 0.5) is 4.39 Å². The molecule has 0 aliphatic carbocycles. The third-order valence-corrected chi connectivity index (χ3v) is 7.61. The van der Waals surface area contributed by atoms with Crippen LogP contribution in [-0.2, 0) is 24.3 Å². The summed E-state index contributed by atoms with van der Waals surface area (Å²) in [6.07, 6.45) is 3.68. The highest BCUT2D eigenvalue weighted by molar-refractivity contribution is 7.89. The van der Waals surface area contributed by atoms with Crippen LogP contribution in [0.25, 0.3) is 0 Å². The molecule has 1 aromatic rings. The molecule has 2 saturated heterocycles. The van der Waals surface area contributed by atoms with E-state index in [1.165, 1.54) is 16.4 Å². The topological polar surface area (TPSA) is 84.0 Å². The van der Waals surface area contributed by atoms with Gasteiger partial charge in [0.05, 0.1) is 10.8 Å². The quantitative estimate of drug-likeness (QED) is 0.674. The number of likely N-dealkylation sites (tertiary alicyclic amines) is 1. The minimum absolute atomic E-state index is 0.0289. The SMILES string of the molecule is C[C@@H]1CCCCN1C(=O)COC(=O)C1CCN(S(=O)(=O)c2ccc(F)cc2)CC1. The summed E-state index contributed by atoms with van der Waals surface area (Å²) in [5.74, 6) is -1.57. The van der Waals surface area contributed by atoms with Gasteiger partial charge in [-0.1, -0.05) is 0 Å². The summed E-state index contributed by atoms with van der Waals surface area (Å²) < 4.78 is 44.8. The van der Waals surface area contributed by atoms with Crippen LogP contribution in [0.5, 0.6) is 0 Å². The first-order valence-corrected chi connectivity index (χ1v) is 11.4. The Morgan fingerprint density at radius 2 is 1.72 bits per heavy atom. The molecule has 9 heteroatoms. The van der Waals surface area contributed by atoms with Crippen molar-refractivity contribution in [2.75, 3.05) is 26.2 Å². The largest absolute Gasteiger partial charge is 0.455 e. The number of esters is 1. The number of hydrogen-bond acceptors (Lipinski definition) is 5. The van der Waals surface area contributed by atoms with Crippen LogP contribution < -0.4 is 0 Å². The highest BCUT2D eigenvalue weighted by Gasteiger charge is 2.33. The van der Waals surface area contributed by atoms with Crippen LogP contribution in [0.2, 0.25) is 0 Å². The molecule has 7 nitrogen and oxygen atoms in total. The molecule has 1 amide bonds. The Balaban J connectivity index is 1.49. The van der Waals surface area contributed by atoms with E-state index in [2.05, 4.69) is 0 Å². The average Bonchev–Trinajstić information content (AvgIpc) is 2.72. The highest BCUT2D eigenvalue weighted by Crippen LogP contribution is 2.25. The number of nitrogens with zero attached hydrogens (tertiary/aromatic N) is 2. The second-order valence-electron chi connectivity index (χ2n) is 7.67. The lowest BCUT2D eigenvalue weighted by molar-refractivity contribution is -0.157. The van der Waals surface area contributed by atoms with Gasteiger partial charge in [0.1, 0.15) is 5.82 Å². The van der Waals surface area contributed by atoms with Crippen molar-refractivity contribution in [3.05, 3.63) is 30.1 Å². The van der Waals surface area contributed by atoms with E-state index in [-0.39, 0.29) is 36.5 Å². The Bertz CT molecular complexity index is 835. The van der Waals surface area contributed by atoms with Gasteiger partial charge >= 0.3 is 5.97 Å². The summed E-state index contributed by atoms with van der Waals surface area (Å²) >= 11 is 0. The average molecular weight is 427 g/mol. The first-order valence-electron chi connectivity index (χ1n) is 10.0. The van der Waals surface area contributed by atoms with Crippen LogP contribution in [0.1, 0.15) is 39.0 Å². The first-order chi connectivity index (χ1) is 13.8. The van der Waals surface area contributed by atoms with Gasteiger partial charge in [0.25, 0.3) is 5.91 Å². The van der Waals surface area contributed by atoms with E-state index < -0.39 is 27.7 Å². The number of rotatable bonds is 5. The molecule has 2 aliphatic heterocycles. The number of hydrogen-bond donors (Lipinski definition) is 0. The number of ether oxygens (including phenoxy) is 1. The Morgan fingerprint density at radius 3 is 2.34 bits per heavy atom. The van der Waals surface area contributed by atoms with Crippen LogP contribution in [-0.4, -0.2) is 61.8 Å². The lowest BCUT2D eigenvalue weighted by Crippen LogP contribution is -2.45. The van der Waals surface area contributed by atoms with E-state index in [0.29, 0.717) is 19.4 Å². The molecule has 0 aromatic heterocycles. The van der Waals surface area contributed by atoms with Gasteiger partial charge in [-0.2, -0.15) is 4.31 Å². The monoisotopic (exact) mass is 426 g/mol. The third kappa shape index (κ3) is 5.14. The fourth-order valence-electron chi connectivity index (χ4n) is 3.89. The van der Waals surface area contributed by atoms with Gasteiger partial charge in [-0.3, -0.25) is 9.59 Å². The molecule has 2 heterocycles. The Kier molecular flexibility index (Phi) is 6.89. The van der Waals surface area contributed by atoms with Gasteiger partial charge in [0.2, 0.25) is 10.0 Å². The maximum Gasteiger partial charge on any atom is 0.309 e. The summed E-state index contributed by atoms with van der Waals surface area (Å²) in [6.45, 7) is 2.78. The van der Waals surface area contributed by atoms with Crippen molar-refractivity contribution in [2.45, 2.75) is 50.0 Å². The standard InChI is InChI=1S/C20H27FN2O5S/c1-15-4-2-3-11-23(15)19(24)14-28-20(25)16-9-12-22(13-10-16)29(26,27)18-7-5-17(21)6-8-18/h5-8,15-16H,2-4,9-14H2,1H3/t15-/m1/s1. The van der Waals surface area contributed by atoms with Gasteiger partial charge in [-0.05, 0) is 63.3 Å². The molecule has 0 N–H and O–H groups in total. The Labute approximate surface area is 170 Å². The summed E-state index contributed by atoms with van der Waals surface area (Å²) in [4.78, 5) is 26.4. The van der Waals surface area contributed by atoms with E-state index in [0.717, 1.165) is 31.4 Å². The maximum atomic E-state index is 13.0. The Morgan fingerprint density at radius 1 is 1.07 bits per heavy atom. The minimum atomic E-state index is -3.72. The van der Waals surface area contributed by atoms with Crippen molar-refractivity contribution >= 4 is 21.9 Å². The lowest BCUT2D eigenvalue weighted by Gasteiger charge is -2.33. The molecule has 0 radical (unpaired) electrons. The van der Waals surface area contributed by atoms with Crippen LogP contribution in [0.15, 0.2) is 29.2 Å². The molecule has 2 fully saturated rings. The summed E-state index contributed by atoms with van der Waals surface area (Å²) in [5.41, 5.74) is 0. The zero-order chi connectivity index (χ0) is 21.0. The Hall–Kier alpha value is -2.00. The molecule has 0 saturated carbocycles. The molecule has 160 valence electrons. The molecule has 0 spiro atoms. The van der Waals surface area contributed by atoms with E-state index in [4.69, 9.17) is 4.74 Å². The molecular formula is C20H27FN2O5S. The maximum absolute atomic E-state index is 13.0. The summed E-state index contributed by atoms with van der Waals surface area (Å²) in [5, 5.41) is 0. The summed E-state index contributed by atoms with van der Waals surface area (Å²) in [7, 11) is -3.72. The fourth-order valence-corrected chi connectivity index (χ4v) is 5.36. The molecule has 0 bridgehead atoms. The van der Waals surface area contributed by atoms with Gasteiger partial charge in [-0.15, -0.1) is 0 Å². The summed E-state index contributed by atoms with van der Waals surface area (Å²) in [6, 6.07) is 4.85. The molecule has 0 unspecified atom stereocenters. The number of halogens is 1. The van der Waals surface area contributed by atoms with Crippen LogP contribution >= 0.6 is 0 Å². The zero-order valence-corrected chi connectivity index (χ0v) is 17.4. The number of amides is 1. The van der Waals surface area contributed by atoms with Crippen molar-refractivity contribution in [3.8, 4) is 0 Å². The second-order valence-corrected chi connectivity index (χ2v) is 9.61. The van der Waals surface area contributed by atoms with Crippen LogP contribution in [0, 0.1) is 11.7 Å². The van der Waals surface area contributed by atoms with Crippen molar-refractivity contribution in [1.82, 2.24) is 9.21 Å². The lowest BCUT2D eigenvalue weighted by atomic mass is 9.98. The number of carbonyl (C=O) groups is 2. The zero-order valence-electron chi connectivity index (χ0n) is 16.5. The normalized spacial score (nSPS) is 21.7. The fraction of sp³-hybridized carbons (Fsp3) is 0.600. The third-order valence-electron chi connectivity index (χ3n) is 5.70. The molecule has 29 heavy (non-hydrogen) atoms. The number of sulfonamides is 1. The number of piperidine rings is 2. The van der Waals surface area contributed by atoms with E-state index in [9.17, 15) is 22.4 Å². The molecule has 1 aromatic carbocycles. The molecule has 1 atom stereocenters. The van der Waals surface area contributed by atoms with Crippen molar-refractivity contribution in [1.29, 1.82) is 0 Å². The van der Waals surface area contributed by atoms with E-state index in [1.807, 2.05) is 6.92 Å². The number of benzene rings is 1. The van der Waals surface area contributed by atoms with Crippen LogP contribution in [0.3, 0.4) is 0 Å². The van der Waals surface area contributed by atoms with Gasteiger partial charge < -0.3 is 9.64 Å². The van der Waals surface area contributed by atoms with Gasteiger partial charge in [0, 0.05) is 25.7 Å². The van der Waals surface area contributed by atoms with Gasteiger partial charge in [-0.25, -0.2) is 12.8 Å². The van der Waals surface area contributed by atoms with Crippen molar-refractivity contribution < 1.29 is 27.1 Å². The highest BCUT2D eigenvalue weighted by atomic mass is 32.2. The van der Waals surface area contributed by atoms with E-state index >= 15 is 0 Å². The van der Waals surface area contributed by atoms with E-state index in [1.54, 1.807) is 4.90 Å². The smallest absolute Gasteiger partial charge is 0.309 e. The first kappa shape index (κ1) is 21.7. The van der Waals surface area contributed by atoms with Gasteiger partial charge in [0.15, 0.2) is 6.61 Å². The number of carbonyl (C=O) groups excluding carboxylic acids is 2. The minimum Gasteiger partial charge on any atom is -0.455 e. The van der Waals surface area contributed by atoms with Crippen molar-refractivity contribution in [3.63, 3.8) is 0 Å². The predicted molar refractivity (Wildman–Crippen MR) is 104 cm³/mol.